The van der Waals surface area contributed by atoms with Gasteiger partial charge in [0.1, 0.15) is 5.82 Å². The molecule has 0 radical (unpaired) electrons. The molecule has 0 saturated heterocycles. The number of nitrogens with one attached hydrogen (secondary N) is 1. The Labute approximate surface area is 232 Å². The van der Waals surface area contributed by atoms with Gasteiger partial charge in [-0.2, -0.15) is 5.21 Å². The molecule has 3 heterocycles. The van der Waals surface area contributed by atoms with E-state index in [1.54, 1.807) is 4.57 Å². The summed E-state index contributed by atoms with van der Waals surface area (Å²) < 4.78 is 5.10. The van der Waals surface area contributed by atoms with E-state index in [0.717, 1.165) is 60.2 Å². The lowest BCUT2D eigenvalue weighted by Gasteiger charge is -2.13. The molecule has 0 fully saturated rings. The van der Waals surface area contributed by atoms with Crippen molar-refractivity contribution in [2.24, 2.45) is 0 Å². The number of rotatable bonds is 12. The molecule has 10 nitrogen and oxygen atoms in total. The number of fused-ring (bicyclic) bond motifs is 1. The second kappa shape index (κ2) is 12.2. The summed E-state index contributed by atoms with van der Waals surface area (Å²) in [6.45, 7) is 7.60. The predicted molar refractivity (Wildman–Crippen MR) is 156 cm³/mol. The number of hydrogen-bond donors (Lipinski definition) is 1. The van der Waals surface area contributed by atoms with E-state index in [1.807, 2.05) is 42.7 Å². The summed E-state index contributed by atoms with van der Waals surface area (Å²) in [7, 11) is 0. The molecule has 5 rings (SSSR count). The van der Waals surface area contributed by atoms with Crippen LogP contribution in [0, 0.1) is 0 Å². The summed E-state index contributed by atoms with van der Waals surface area (Å²) in [5.74, 6) is 1.40. The zero-order chi connectivity index (χ0) is 28.1. The van der Waals surface area contributed by atoms with Crippen LogP contribution in [0.4, 0.5) is 0 Å². The van der Waals surface area contributed by atoms with Crippen LogP contribution in [0.3, 0.4) is 0 Å². The number of unbranched alkanes of at least 4 members (excludes halogenated alkanes) is 2. The molecule has 0 unspecified atom stereocenters. The summed E-state index contributed by atoms with van der Waals surface area (Å²) >= 11 is 0. The van der Waals surface area contributed by atoms with Crippen LogP contribution in [0.15, 0.2) is 58.1 Å². The Morgan fingerprint density at radius 3 is 2.20 bits per heavy atom. The molecule has 3 aromatic heterocycles. The van der Waals surface area contributed by atoms with Crippen molar-refractivity contribution in [2.75, 3.05) is 0 Å². The summed E-state index contributed by atoms with van der Waals surface area (Å²) in [6.07, 6.45) is 5.40. The molecule has 0 aliphatic rings. The average molecular weight is 541 g/mol. The lowest BCUT2D eigenvalue weighted by Crippen LogP contribution is -2.40. The van der Waals surface area contributed by atoms with Crippen LogP contribution < -0.4 is 11.2 Å². The molecule has 0 amide bonds. The highest BCUT2D eigenvalue weighted by Gasteiger charge is 2.21. The zero-order valence-electron chi connectivity index (χ0n) is 23.4. The van der Waals surface area contributed by atoms with Crippen LogP contribution >= 0.6 is 0 Å². The van der Waals surface area contributed by atoms with Crippen molar-refractivity contribution in [3.63, 3.8) is 0 Å². The number of hydrogen-bond acceptors (Lipinski definition) is 6. The van der Waals surface area contributed by atoms with Gasteiger partial charge < -0.3 is 4.57 Å². The molecule has 0 bridgehead atoms. The summed E-state index contributed by atoms with van der Waals surface area (Å²) in [5, 5.41) is 14.5. The fourth-order valence-electron chi connectivity index (χ4n) is 5.25. The third-order valence-electron chi connectivity index (χ3n) is 7.21. The molecule has 0 atom stereocenters. The van der Waals surface area contributed by atoms with Gasteiger partial charge in [0.05, 0.1) is 0 Å². The maximum absolute atomic E-state index is 13.7. The van der Waals surface area contributed by atoms with E-state index in [9.17, 15) is 9.59 Å². The highest BCUT2D eigenvalue weighted by molar-refractivity contribution is 5.80. The van der Waals surface area contributed by atoms with E-state index in [4.69, 9.17) is 4.98 Å². The monoisotopic (exact) mass is 540 g/mol. The molecule has 0 aliphatic heterocycles. The highest BCUT2D eigenvalue weighted by Crippen LogP contribution is 2.30. The summed E-state index contributed by atoms with van der Waals surface area (Å²) in [5.41, 5.74) is 4.48. The Bertz CT molecular complexity index is 1700. The fraction of sp³-hybridized carbons (Fsp3) is 0.400. The first kappa shape index (κ1) is 27.2. The van der Waals surface area contributed by atoms with Crippen molar-refractivity contribution in [1.29, 1.82) is 0 Å². The van der Waals surface area contributed by atoms with Gasteiger partial charge in [0.15, 0.2) is 11.2 Å². The largest absolute Gasteiger partial charge is 0.332 e. The van der Waals surface area contributed by atoms with Crippen molar-refractivity contribution in [3.8, 4) is 22.5 Å². The minimum absolute atomic E-state index is 0.255. The molecule has 2 aromatic carbocycles. The first-order valence-corrected chi connectivity index (χ1v) is 14.2. The highest BCUT2D eigenvalue weighted by atomic mass is 16.2. The number of aromatic amines is 1. The number of tetrazole rings is 1. The molecule has 5 aromatic rings. The molecule has 10 heteroatoms. The second-order valence-corrected chi connectivity index (χ2v) is 10.1. The number of aromatic nitrogens is 8. The molecular weight excluding hydrogens is 504 g/mol. The average Bonchev–Trinajstić information content (AvgIpc) is 3.63. The molecular formula is C30H36N8O2. The smallest absolute Gasteiger partial charge is 0.318 e. The molecule has 0 saturated carbocycles. The molecule has 0 spiro atoms. The first-order chi connectivity index (χ1) is 19.6. The van der Waals surface area contributed by atoms with Crippen molar-refractivity contribution in [2.45, 2.75) is 78.9 Å². The maximum atomic E-state index is 13.7. The van der Waals surface area contributed by atoms with Crippen molar-refractivity contribution in [3.05, 3.63) is 80.8 Å². The Balaban J connectivity index is 1.58. The van der Waals surface area contributed by atoms with Gasteiger partial charge in [-0.3, -0.25) is 13.9 Å². The van der Waals surface area contributed by atoms with Crippen LogP contribution in [-0.4, -0.2) is 39.3 Å². The Morgan fingerprint density at radius 1 is 0.800 bits per heavy atom. The van der Waals surface area contributed by atoms with Crippen LogP contribution in [0.2, 0.25) is 0 Å². The number of H-pyrrole nitrogens is 1. The van der Waals surface area contributed by atoms with Gasteiger partial charge >= 0.3 is 5.69 Å². The van der Waals surface area contributed by atoms with Crippen LogP contribution in [0.25, 0.3) is 33.7 Å². The van der Waals surface area contributed by atoms with Gasteiger partial charge in [0.25, 0.3) is 5.56 Å². The van der Waals surface area contributed by atoms with Gasteiger partial charge in [-0.15, -0.1) is 10.2 Å². The first-order valence-electron chi connectivity index (χ1n) is 14.2. The summed E-state index contributed by atoms with van der Waals surface area (Å²) in [4.78, 5) is 31.9. The summed E-state index contributed by atoms with van der Waals surface area (Å²) in [6, 6.07) is 16.3. The van der Waals surface area contributed by atoms with E-state index in [2.05, 4.69) is 51.8 Å². The third-order valence-corrected chi connectivity index (χ3v) is 7.21. The van der Waals surface area contributed by atoms with Gasteiger partial charge in [-0.25, -0.2) is 9.78 Å². The van der Waals surface area contributed by atoms with Crippen molar-refractivity contribution >= 4 is 11.2 Å². The SMILES string of the molecule is CCCCCc1nc2c(c(=O)n(CCC)c(=O)n2CCC)n1Cc1ccc(-c2ccccc2-c2nn[nH]n2)cc1. The van der Waals surface area contributed by atoms with Crippen LogP contribution in [0.5, 0.6) is 0 Å². The Hall–Kier alpha value is -4.34. The number of aryl methyl sites for hydroxylation is 2. The van der Waals surface area contributed by atoms with E-state index in [-0.39, 0.29) is 11.2 Å². The molecule has 1 N–H and O–H groups in total. The predicted octanol–water partition coefficient (Wildman–Crippen LogP) is 4.81. The van der Waals surface area contributed by atoms with Crippen molar-refractivity contribution < 1.29 is 0 Å². The quantitative estimate of drug-likeness (QED) is 0.227. The maximum Gasteiger partial charge on any atom is 0.332 e. The van der Waals surface area contributed by atoms with E-state index in [0.29, 0.717) is 43.0 Å². The standard InChI is InChI=1S/C30H36N8O2/c1-4-7-8-13-25-31-28-26(29(39)37(19-6-3)30(40)36(28)18-5-2)38(25)20-21-14-16-22(17-15-21)23-11-9-10-12-24(23)27-32-34-35-33-27/h9-12,14-17H,4-8,13,18-20H2,1-3H3,(H,32,33,34,35). The molecule has 0 aliphatic carbocycles. The normalized spacial score (nSPS) is 11.5. The Morgan fingerprint density at radius 2 is 1.52 bits per heavy atom. The van der Waals surface area contributed by atoms with Crippen molar-refractivity contribution in [1.82, 2.24) is 39.3 Å². The molecule has 208 valence electrons. The third kappa shape index (κ3) is 5.25. The van der Waals surface area contributed by atoms with Gasteiger partial charge in [0, 0.05) is 31.6 Å². The number of nitrogens with zero attached hydrogens (tertiary/aromatic N) is 7. The van der Waals surface area contributed by atoms with E-state index in [1.165, 1.54) is 4.57 Å². The fourth-order valence-corrected chi connectivity index (χ4v) is 5.25. The van der Waals surface area contributed by atoms with Gasteiger partial charge in [-0.05, 0) is 41.2 Å². The van der Waals surface area contributed by atoms with E-state index >= 15 is 0 Å². The lowest BCUT2D eigenvalue weighted by atomic mass is 9.98. The van der Waals surface area contributed by atoms with Gasteiger partial charge in [-0.1, -0.05) is 82.1 Å². The van der Waals surface area contributed by atoms with Gasteiger partial charge in [0.2, 0.25) is 5.82 Å². The minimum Gasteiger partial charge on any atom is -0.318 e. The lowest BCUT2D eigenvalue weighted by molar-refractivity contribution is 0.554. The molecule has 40 heavy (non-hydrogen) atoms. The number of benzene rings is 2. The topological polar surface area (TPSA) is 116 Å². The zero-order valence-corrected chi connectivity index (χ0v) is 23.4. The minimum atomic E-state index is -0.268. The Kier molecular flexibility index (Phi) is 8.33. The second-order valence-electron chi connectivity index (χ2n) is 10.1. The van der Waals surface area contributed by atoms with Crippen LogP contribution in [0.1, 0.15) is 64.3 Å². The van der Waals surface area contributed by atoms with E-state index < -0.39 is 0 Å². The van der Waals surface area contributed by atoms with Crippen LogP contribution in [-0.2, 0) is 26.1 Å². The number of imidazole rings is 1.